The molecule has 1 rings (SSSR count). The molecule has 0 spiro atoms. The second-order valence-corrected chi connectivity index (χ2v) is 7.70. The lowest BCUT2D eigenvalue weighted by Crippen LogP contribution is -2.14. The molecule has 4 heteroatoms. The van der Waals surface area contributed by atoms with Crippen LogP contribution in [-0.2, 0) is 25.7 Å². The van der Waals surface area contributed by atoms with Crippen molar-refractivity contribution < 1.29 is 9.90 Å². The van der Waals surface area contributed by atoms with E-state index in [4.69, 9.17) is 11.6 Å². The summed E-state index contributed by atoms with van der Waals surface area (Å²) in [6, 6.07) is 0. The van der Waals surface area contributed by atoms with Crippen LogP contribution in [0.2, 0.25) is 5.02 Å². The lowest BCUT2D eigenvalue weighted by atomic mass is 9.83. The zero-order chi connectivity index (χ0) is 19.5. The number of aromatic carboxylic acids is 1. The Morgan fingerprint density at radius 3 is 1.41 bits per heavy atom. The molecule has 0 radical (unpaired) electrons. The first-order valence-corrected chi connectivity index (χ1v) is 11.0. The molecule has 3 nitrogen and oxygen atoms in total. The SMILES string of the molecule is CCCCc1c(Cl)c(C(=O)O)c(CCCC)c(CCCC)c1CCCC.N. The molecule has 0 aliphatic heterocycles. The van der Waals surface area contributed by atoms with E-state index in [1.807, 2.05) is 0 Å². The third-order valence-electron chi connectivity index (χ3n) is 5.21. The highest BCUT2D eigenvalue weighted by Gasteiger charge is 2.25. The average Bonchev–Trinajstić information content (AvgIpc) is 2.62. The van der Waals surface area contributed by atoms with Crippen molar-refractivity contribution in [3.05, 3.63) is 32.8 Å². The van der Waals surface area contributed by atoms with Gasteiger partial charge < -0.3 is 11.3 Å². The highest BCUT2D eigenvalue weighted by Crippen LogP contribution is 2.36. The fourth-order valence-electron chi connectivity index (χ4n) is 3.71. The third kappa shape index (κ3) is 7.12. The van der Waals surface area contributed by atoms with Crippen molar-refractivity contribution in [2.75, 3.05) is 0 Å². The largest absolute Gasteiger partial charge is 0.478 e. The van der Waals surface area contributed by atoms with Crippen LogP contribution in [0.25, 0.3) is 0 Å². The molecule has 1 aromatic carbocycles. The summed E-state index contributed by atoms with van der Waals surface area (Å²) in [5.74, 6) is -0.862. The van der Waals surface area contributed by atoms with Gasteiger partial charge in [0.15, 0.2) is 0 Å². The van der Waals surface area contributed by atoms with Crippen molar-refractivity contribution in [3.63, 3.8) is 0 Å². The molecule has 1 aromatic rings. The minimum atomic E-state index is -0.862. The van der Waals surface area contributed by atoms with Crippen molar-refractivity contribution in [1.29, 1.82) is 0 Å². The minimum absolute atomic E-state index is 0. The standard InChI is InChI=1S/C23H37ClO2.H3N/c1-5-9-13-17-18(14-10-6-2)20(16-12-8-4)22(24)21(23(25)26)19(17)15-11-7-3;/h5-16H2,1-4H3,(H,25,26);1H3. The van der Waals surface area contributed by atoms with E-state index in [1.54, 1.807) is 0 Å². The van der Waals surface area contributed by atoms with E-state index in [0.717, 1.165) is 88.2 Å². The predicted molar refractivity (Wildman–Crippen MR) is 118 cm³/mol. The Balaban J connectivity index is 0.00000676. The molecular weight excluding hydrogens is 358 g/mol. The van der Waals surface area contributed by atoms with E-state index in [9.17, 15) is 9.90 Å². The maximum absolute atomic E-state index is 12.1. The number of carbonyl (C=O) groups is 1. The van der Waals surface area contributed by atoms with Gasteiger partial charge in [-0.25, -0.2) is 4.79 Å². The van der Waals surface area contributed by atoms with Gasteiger partial charge in [-0.2, -0.15) is 0 Å². The number of hydrogen-bond acceptors (Lipinski definition) is 2. The Morgan fingerprint density at radius 2 is 1.04 bits per heavy atom. The molecule has 0 atom stereocenters. The summed E-state index contributed by atoms with van der Waals surface area (Å²) < 4.78 is 0. The first-order chi connectivity index (χ1) is 12.5. The number of halogens is 1. The first-order valence-electron chi connectivity index (χ1n) is 10.6. The number of carboxylic acid groups (broad SMARTS) is 1. The minimum Gasteiger partial charge on any atom is -0.478 e. The van der Waals surface area contributed by atoms with Crippen LogP contribution in [0.1, 0.15) is 112 Å². The van der Waals surface area contributed by atoms with Crippen molar-refractivity contribution in [1.82, 2.24) is 6.15 Å². The Bertz CT molecular complexity index is 584. The molecule has 0 fully saturated rings. The van der Waals surface area contributed by atoms with E-state index >= 15 is 0 Å². The van der Waals surface area contributed by atoms with Crippen LogP contribution < -0.4 is 6.15 Å². The lowest BCUT2D eigenvalue weighted by Gasteiger charge is -2.23. The van der Waals surface area contributed by atoms with E-state index in [-0.39, 0.29) is 6.15 Å². The van der Waals surface area contributed by atoms with Gasteiger partial charge in [-0.05, 0) is 73.6 Å². The van der Waals surface area contributed by atoms with Crippen molar-refractivity contribution in [2.24, 2.45) is 0 Å². The van der Waals surface area contributed by atoms with Crippen LogP contribution in [-0.4, -0.2) is 11.1 Å². The fourth-order valence-corrected chi connectivity index (χ4v) is 4.11. The molecule has 4 N–H and O–H groups in total. The highest BCUT2D eigenvalue weighted by atomic mass is 35.5. The summed E-state index contributed by atoms with van der Waals surface area (Å²) in [7, 11) is 0. The summed E-state index contributed by atoms with van der Waals surface area (Å²) in [4.78, 5) is 12.1. The molecule has 0 aliphatic carbocycles. The van der Waals surface area contributed by atoms with Gasteiger partial charge >= 0.3 is 5.97 Å². The van der Waals surface area contributed by atoms with Crippen LogP contribution in [0, 0.1) is 0 Å². The molecule has 0 saturated heterocycles. The maximum Gasteiger partial charge on any atom is 0.337 e. The number of rotatable bonds is 13. The van der Waals surface area contributed by atoms with Gasteiger partial charge in [0.05, 0.1) is 10.6 Å². The molecular formula is C23H40ClNO2. The van der Waals surface area contributed by atoms with Crippen molar-refractivity contribution in [2.45, 2.75) is 105 Å². The Morgan fingerprint density at radius 1 is 0.704 bits per heavy atom. The van der Waals surface area contributed by atoms with Gasteiger partial charge in [0.25, 0.3) is 0 Å². The van der Waals surface area contributed by atoms with E-state index in [2.05, 4.69) is 27.7 Å². The van der Waals surface area contributed by atoms with Gasteiger partial charge in [-0.3, -0.25) is 0 Å². The zero-order valence-electron chi connectivity index (χ0n) is 17.9. The van der Waals surface area contributed by atoms with Crippen molar-refractivity contribution >= 4 is 17.6 Å². The quantitative estimate of drug-likeness (QED) is 0.360. The molecule has 0 unspecified atom stereocenters. The number of benzene rings is 1. The molecule has 27 heavy (non-hydrogen) atoms. The second-order valence-electron chi connectivity index (χ2n) is 7.32. The predicted octanol–water partition coefficient (Wildman–Crippen LogP) is 7.57. The van der Waals surface area contributed by atoms with Crippen LogP contribution in [0.15, 0.2) is 0 Å². The van der Waals surface area contributed by atoms with Gasteiger partial charge in [0.2, 0.25) is 0 Å². The lowest BCUT2D eigenvalue weighted by molar-refractivity contribution is 0.0695. The Labute approximate surface area is 171 Å². The molecule has 0 aromatic heterocycles. The van der Waals surface area contributed by atoms with Crippen LogP contribution >= 0.6 is 11.6 Å². The number of carboxylic acids is 1. The summed E-state index contributed by atoms with van der Waals surface area (Å²) in [6.07, 6.45) is 12.4. The normalized spacial score (nSPS) is 10.7. The third-order valence-corrected chi connectivity index (χ3v) is 5.63. The maximum atomic E-state index is 12.1. The summed E-state index contributed by atoms with van der Waals surface area (Å²) in [5, 5.41) is 10.4. The van der Waals surface area contributed by atoms with Crippen molar-refractivity contribution in [3.8, 4) is 0 Å². The van der Waals surface area contributed by atoms with Crippen LogP contribution in [0.5, 0.6) is 0 Å². The van der Waals surface area contributed by atoms with Gasteiger partial charge in [-0.15, -0.1) is 0 Å². The fraction of sp³-hybridized carbons (Fsp3) is 0.696. The number of hydrogen-bond donors (Lipinski definition) is 2. The Hall–Kier alpha value is -1.06. The van der Waals surface area contributed by atoms with Crippen LogP contribution in [0.3, 0.4) is 0 Å². The highest BCUT2D eigenvalue weighted by molar-refractivity contribution is 6.34. The molecule has 0 amide bonds. The smallest absolute Gasteiger partial charge is 0.337 e. The summed E-state index contributed by atoms with van der Waals surface area (Å²) >= 11 is 6.73. The first kappa shape index (κ1) is 25.9. The summed E-state index contributed by atoms with van der Waals surface area (Å²) in [6.45, 7) is 8.73. The topological polar surface area (TPSA) is 72.3 Å². The monoisotopic (exact) mass is 397 g/mol. The zero-order valence-corrected chi connectivity index (χ0v) is 18.7. The molecule has 0 saturated carbocycles. The van der Waals surface area contributed by atoms with Gasteiger partial charge in [0.1, 0.15) is 0 Å². The molecule has 0 heterocycles. The molecule has 156 valence electrons. The van der Waals surface area contributed by atoms with Gasteiger partial charge in [-0.1, -0.05) is 65.0 Å². The Kier molecular flexibility index (Phi) is 13.5. The molecule has 0 bridgehead atoms. The number of unbranched alkanes of at least 4 members (excludes halogenated alkanes) is 4. The van der Waals surface area contributed by atoms with E-state index in [0.29, 0.717) is 10.6 Å². The van der Waals surface area contributed by atoms with Crippen LogP contribution in [0.4, 0.5) is 0 Å². The summed E-state index contributed by atoms with van der Waals surface area (Å²) in [5.41, 5.74) is 5.20. The van der Waals surface area contributed by atoms with Gasteiger partial charge in [0, 0.05) is 0 Å². The van der Waals surface area contributed by atoms with E-state index < -0.39 is 5.97 Å². The van der Waals surface area contributed by atoms with E-state index in [1.165, 1.54) is 11.1 Å². The average molecular weight is 398 g/mol. The second kappa shape index (κ2) is 14.0. The molecule has 0 aliphatic rings.